The first kappa shape index (κ1) is 15.0. The average Bonchev–Trinajstić information content (AvgIpc) is 3.20. The van der Waals surface area contributed by atoms with Crippen LogP contribution in [0.5, 0.6) is 0 Å². The summed E-state index contributed by atoms with van der Waals surface area (Å²) in [5, 5.41) is 0.522. The minimum atomic E-state index is -0.363. The first-order valence-electron chi connectivity index (χ1n) is 7.11. The highest BCUT2D eigenvalue weighted by Crippen LogP contribution is 2.39. The molecule has 0 spiro atoms. The summed E-state index contributed by atoms with van der Waals surface area (Å²) in [6.45, 7) is 5.11. The first-order chi connectivity index (χ1) is 9.58. The van der Waals surface area contributed by atoms with Crippen molar-refractivity contribution < 1.29 is 9.53 Å². The number of carbonyl (C=O) groups excluding carboxylic acids is 1. The van der Waals surface area contributed by atoms with Gasteiger partial charge in [0.2, 0.25) is 0 Å². The van der Waals surface area contributed by atoms with Crippen LogP contribution in [0.4, 0.5) is 11.4 Å². The maximum atomic E-state index is 12.2. The van der Waals surface area contributed by atoms with E-state index in [1.165, 1.54) is 0 Å². The number of esters is 1. The largest absolute Gasteiger partial charge is 0.462 e. The average molecular weight is 297 g/mol. The molecule has 1 aliphatic carbocycles. The molecule has 0 unspecified atom stereocenters. The number of nitrogen functional groups attached to an aromatic ring is 1. The summed E-state index contributed by atoms with van der Waals surface area (Å²) in [5.41, 5.74) is 7.53. The Kier molecular flexibility index (Phi) is 4.76. The normalized spacial score (nSPS) is 14.2. The van der Waals surface area contributed by atoms with Crippen LogP contribution in [0.15, 0.2) is 12.1 Å². The summed E-state index contributed by atoms with van der Waals surface area (Å²) >= 11 is 6.35. The number of benzene rings is 1. The van der Waals surface area contributed by atoms with Crippen LogP contribution in [-0.2, 0) is 4.74 Å². The van der Waals surface area contributed by atoms with E-state index < -0.39 is 0 Å². The number of nitrogens with zero attached hydrogens (tertiary/aromatic N) is 1. The van der Waals surface area contributed by atoms with Crippen molar-refractivity contribution in [2.24, 2.45) is 0 Å². The van der Waals surface area contributed by atoms with Gasteiger partial charge in [-0.3, -0.25) is 0 Å². The molecule has 0 radical (unpaired) electrons. The number of hydrogen-bond donors (Lipinski definition) is 1. The van der Waals surface area contributed by atoms with Gasteiger partial charge in [0.25, 0.3) is 0 Å². The molecule has 20 heavy (non-hydrogen) atoms. The lowest BCUT2D eigenvalue weighted by atomic mass is 10.1. The minimum Gasteiger partial charge on any atom is -0.462 e. The number of nitrogens with two attached hydrogens (primary N) is 1. The molecular weight excluding hydrogens is 276 g/mol. The van der Waals surface area contributed by atoms with Crippen molar-refractivity contribution in [2.75, 3.05) is 23.8 Å². The SMILES string of the molecule is CCCN(c1c(Cl)cc(N)cc1C(=O)OCC)C1CC1. The lowest BCUT2D eigenvalue weighted by Gasteiger charge is -2.27. The zero-order valence-electron chi connectivity index (χ0n) is 12.0. The van der Waals surface area contributed by atoms with Crippen molar-refractivity contribution in [2.45, 2.75) is 39.2 Å². The standard InChI is InChI=1S/C15H21ClN2O2/c1-3-7-18(11-5-6-11)14-12(15(19)20-4-2)8-10(17)9-13(14)16/h8-9,11H,3-7,17H2,1-2H3. The number of anilines is 2. The molecular formula is C15H21ClN2O2. The highest BCUT2D eigenvalue weighted by Gasteiger charge is 2.32. The number of carbonyl (C=O) groups is 1. The lowest BCUT2D eigenvalue weighted by Crippen LogP contribution is -2.29. The van der Waals surface area contributed by atoms with Gasteiger partial charge >= 0.3 is 5.97 Å². The Bertz CT molecular complexity index is 501. The molecule has 1 aromatic carbocycles. The predicted octanol–water partition coefficient (Wildman–Crippen LogP) is 3.48. The van der Waals surface area contributed by atoms with Crippen molar-refractivity contribution >= 4 is 28.9 Å². The van der Waals surface area contributed by atoms with E-state index in [-0.39, 0.29) is 5.97 Å². The van der Waals surface area contributed by atoms with E-state index >= 15 is 0 Å². The molecule has 4 nitrogen and oxygen atoms in total. The molecule has 1 fully saturated rings. The topological polar surface area (TPSA) is 55.6 Å². The fourth-order valence-corrected chi connectivity index (χ4v) is 2.72. The highest BCUT2D eigenvalue weighted by atomic mass is 35.5. The summed E-state index contributed by atoms with van der Waals surface area (Å²) in [7, 11) is 0. The first-order valence-corrected chi connectivity index (χ1v) is 7.49. The second-order valence-electron chi connectivity index (χ2n) is 5.04. The van der Waals surface area contributed by atoms with Gasteiger partial charge in [-0.2, -0.15) is 0 Å². The van der Waals surface area contributed by atoms with Crippen LogP contribution < -0.4 is 10.6 Å². The zero-order chi connectivity index (χ0) is 14.7. The molecule has 0 aromatic heterocycles. The van der Waals surface area contributed by atoms with Crippen molar-refractivity contribution in [1.82, 2.24) is 0 Å². The maximum absolute atomic E-state index is 12.2. The maximum Gasteiger partial charge on any atom is 0.340 e. The van der Waals surface area contributed by atoms with E-state index in [1.807, 2.05) is 0 Å². The number of ether oxygens (including phenoxy) is 1. The fraction of sp³-hybridized carbons (Fsp3) is 0.533. The van der Waals surface area contributed by atoms with Crippen LogP contribution in [0.3, 0.4) is 0 Å². The fourth-order valence-electron chi connectivity index (χ4n) is 2.38. The minimum absolute atomic E-state index is 0.335. The van der Waals surface area contributed by atoms with Crippen molar-refractivity contribution in [3.8, 4) is 0 Å². The second kappa shape index (κ2) is 6.35. The molecule has 5 heteroatoms. The third-order valence-electron chi connectivity index (χ3n) is 3.32. The Labute approximate surface area is 124 Å². The molecule has 0 atom stereocenters. The molecule has 1 aliphatic rings. The molecule has 2 rings (SSSR count). The van der Waals surface area contributed by atoms with Gasteiger partial charge in [-0.25, -0.2) is 4.79 Å². The summed E-state index contributed by atoms with van der Waals surface area (Å²) in [6, 6.07) is 3.83. The highest BCUT2D eigenvalue weighted by molar-refractivity contribution is 6.34. The smallest absolute Gasteiger partial charge is 0.340 e. The number of hydrogen-bond acceptors (Lipinski definition) is 4. The van der Waals surface area contributed by atoms with E-state index in [0.29, 0.717) is 28.9 Å². The summed E-state index contributed by atoms with van der Waals surface area (Å²) in [4.78, 5) is 14.4. The van der Waals surface area contributed by atoms with E-state index in [2.05, 4.69) is 11.8 Å². The van der Waals surface area contributed by atoms with E-state index in [0.717, 1.165) is 31.5 Å². The Morgan fingerprint density at radius 2 is 2.15 bits per heavy atom. The van der Waals surface area contributed by atoms with Gasteiger partial charge in [0, 0.05) is 18.3 Å². The number of halogens is 1. The Hall–Kier alpha value is -1.42. The molecule has 0 heterocycles. The zero-order valence-corrected chi connectivity index (χ0v) is 12.7. The molecule has 0 bridgehead atoms. The van der Waals surface area contributed by atoms with Crippen LogP contribution in [0.2, 0.25) is 5.02 Å². The monoisotopic (exact) mass is 296 g/mol. The van der Waals surface area contributed by atoms with Crippen LogP contribution in [0.1, 0.15) is 43.5 Å². The van der Waals surface area contributed by atoms with E-state index in [4.69, 9.17) is 22.1 Å². The molecule has 1 aromatic rings. The van der Waals surface area contributed by atoms with E-state index in [9.17, 15) is 4.79 Å². The lowest BCUT2D eigenvalue weighted by molar-refractivity contribution is 0.0527. The summed E-state index contributed by atoms with van der Waals surface area (Å²) < 4.78 is 5.13. The second-order valence-corrected chi connectivity index (χ2v) is 5.45. The Morgan fingerprint density at radius 1 is 1.45 bits per heavy atom. The van der Waals surface area contributed by atoms with Crippen LogP contribution in [0, 0.1) is 0 Å². The van der Waals surface area contributed by atoms with Crippen LogP contribution >= 0.6 is 11.6 Å². The predicted molar refractivity (Wildman–Crippen MR) is 82.5 cm³/mol. The number of rotatable bonds is 6. The summed E-state index contributed by atoms with van der Waals surface area (Å²) in [6.07, 6.45) is 3.28. The van der Waals surface area contributed by atoms with Gasteiger partial charge < -0.3 is 15.4 Å². The van der Waals surface area contributed by atoms with Gasteiger partial charge in [-0.05, 0) is 38.3 Å². The third kappa shape index (κ3) is 3.18. The van der Waals surface area contributed by atoms with Gasteiger partial charge in [-0.15, -0.1) is 0 Å². The van der Waals surface area contributed by atoms with Gasteiger partial charge in [0.05, 0.1) is 22.9 Å². The third-order valence-corrected chi connectivity index (χ3v) is 3.61. The van der Waals surface area contributed by atoms with Crippen LogP contribution in [-0.4, -0.2) is 25.2 Å². The van der Waals surface area contributed by atoms with Crippen LogP contribution in [0.25, 0.3) is 0 Å². The summed E-state index contributed by atoms with van der Waals surface area (Å²) in [5.74, 6) is -0.363. The molecule has 1 saturated carbocycles. The molecule has 110 valence electrons. The molecule has 0 saturated heterocycles. The van der Waals surface area contributed by atoms with E-state index in [1.54, 1.807) is 19.1 Å². The Balaban J connectivity index is 2.45. The van der Waals surface area contributed by atoms with Gasteiger partial charge in [0.1, 0.15) is 0 Å². The Morgan fingerprint density at radius 3 is 2.70 bits per heavy atom. The van der Waals surface area contributed by atoms with Crippen molar-refractivity contribution in [3.05, 3.63) is 22.7 Å². The van der Waals surface area contributed by atoms with Crippen molar-refractivity contribution in [1.29, 1.82) is 0 Å². The van der Waals surface area contributed by atoms with Crippen molar-refractivity contribution in [3.63, 3.8) is 0 Å². The quantitative estimate of drug-likeness (QED) is 0.645. The molecule has 2 N–H and O–H groups in total. The van der Waals surface area contributed by atoms with Gasteiger partial charge in [0.15, 0.2) is 0 Å². The molecule has 0 amide bonds. The van der Waals surface area contributed by atoms with Gasteiger partial charge in [-0.1, -0.05) is 18.5 Å². The molecule has 0 aliphatic heterocycles.